The van der Waals surface area contributed by atoms with Crippen LogP contribution in [0, 0.1) is 0 Å². The van der Waals surface area contributed by atoms with Crippen molar-refractivity contribution in [3.05, 3.63) is 30.0 Å². The Morgan fingerprint density at radius 1 is 0.651 bits per heavy atom. The summed E-state index contributed by atoms with van der Waals surface area (Å²) in [5.41, 5.74) is 51.1. The Labute approximate surface area is 484 Å². The number of H-pyrrole nitrogens is 1. The molecule has 0 aromatic carbocycles. The molecule has 2 rings (SSSR count). The van der Waals surface area contributed by atoms with E-state index in [0.29, 0.717) is 70.3 Å². The first kappa shape index (κ1) is 71.7. The van der Waals surface area contributed by atoms with E-state index in [4.69, 9.17) is 51.6 Å². The molecule has 0 bridgehead atoms. The van der Waals surface area contributed by atoms with Crippen molar-refractivity contribution in [1.29, 1.82) is 0 Å². The van der Waals surface area contributed by atoms with Gasteiger partial charge in [0.05, 0.1) is 18.9 Å². The monoisotopic (exact) mass is 1170 g/mol. The average Bonchev–Trinajstić information content (AvgIpc) is 4.38. The number of guanidine groups is 1. The van der Waals surface area contributed by atoms with Gasteiger partial charge in [-0.15, -0.1) is 0 Å². The van der Waals surface area contributed by atoms with Crippen molar-refractivity contribution in [1.82, 2.24) is 62.7 Å². The van der Waals surface area contributed by atoms with Crippen LogP contribution in [-0.2, 0) is 54.4 Å². The minimum Gasteiger partial charge on any atom is -0.370 e. The Morgan fingerprint density at radius 2 is 1.25 bits per heavy atom. The number of nitrogens with zero attached hydrogens (tertiary/aromatic N) is 3. The molecule has 8 atom stereocenters. The van der Waals surface area contributed by atoms with Gasteiger partial charge in [0.1, 0.15) is 48.0 Å². The minimum absolute atomic E-state index is 0.0243. The van der Waals surface area contributed by atoms with Gasteiger partial charge in [-0.25, -0.2) is 4.98 Å². The summed E-state index contributed by atoms with van der Waals surface area (Å²) in [6.45, 7) is 2.58. The number of imidazole rings is 1. The van der Waals surface area contributed by atoms with Gasteiger partial charge < -0.3 is 109 Å². The number of aliphatic imine (C=N–C) groups is 1. The maximum absolute atomic E-state index is 14.5. The van der Waals surface area contributed by atoms with Gasteiger partial charge >= 0.3 is 0 Å². The maximum Gasteiger partial charge on any atom is 0.268 e. The van der Waals surface area contributed by atoms with Crippen molar-refractivity contribution >= 4 is 65.0 Å². The van der Waals surface area contributed by atoms with Gasteiger partial charge in [-0.05, 0) is 143 Å². The summed E-state index contributed by atoms with van der Waals surface area (Å²) in [5.74, 6) is -7.30. The van der Waals surface area contributed by atoms with Gasteiger partial charge in [0, 0.05) is 37.9 Å². The minimum atomic E-state index is -1.37. The number of amides is 10. The van der Waals surface area contributed by atoms with E-state index in [1.54, 1.807) is 0 Å². The lowest BCUT2D eigenvalue weighted by atomic mass is 10.0. The van der Waals surface area contributed by atoms with Crippen LogP contribution in [-0.4, -0.2) is 194 Å². The third-order valence-electron chi connectivity index (χ3n) is 13.2. The Morgan fingerprint density at radius 3 is 1.87 bits per heavy atom. The first-order valence-electron chi connectivity index (χ1n) is 28.4. The number of hydrogen-bond donors (Lipinski definition) is 19. The summed E-state index contributed by atoms with van der Waals surface area (Å²) >= 11 is 0. The average molecular weight is 1180 g/mol. The van der Waals surface area contributed by atoms with E-state index < -0.39 is 114 Å². The van der Waals surface area contributed by atoms with Crippen LogP contribution in [0.25, 0.3) is 0 Å². The van der Waals surface area contributed by atoms with Crippen LogP contribution >= 0.6 is 0 Å². The van der Waals surface area contributed by atoms with Gasteiger partial charge in [-0.1, -0.05) is 6.08 Å². The highest BCUT2D eigenvalue weighted by molar-refractivity contribution is 6.02. The van der Waals surface area contributed by atoms with Gasteiger partial charge in [0.15, 0.2) is 5.96 Å². The zero-order valence-electron chi connectivity index (χ0n) is 47.9. The number of hydrogen-bond acceptors (Lipinski definition) is 19. The molecule has 1 fully saturated rings. The third-order valence-corrected chi connectivity index (χ3v) is 13.2. The normalized spacial score (nSPS) is 15.6. The topological polar surface area (TPSA) is 557 Å². The van der Waals surface area contributed by atoms with Crippen LogP contribution in [0.5, 0.6) is 0 Å². The van der Waals surface area contributed by atoms with E-state index >= 15 is 0 Å². The number of nitrogens with two attached hydrogens (primary N) is 9. The Hall–Kier alpha value is -7.36. The van der Waals surface area contributed by atoms with E-state index in [2.05, 4.69) is 62.8 Å². The number of aromatic amines is 1. The van der Waals surface area contributed by atoms with Crippen molar-refractivity contribution < 1.29 is 47.9 Å². The molecule has 28 N–H and O–H groups in total. The molecule has 83 heavy (non-hydrogen) atoms. The first-order chi connectivity index (χ1) is 39.7. The summed E-state index contributed by atoms with van der Waals surface area (Å²) in [4.78, 5) is 149. The van der Waals surface area contributed by atoms with Gasteiger partial charge in [-0.2, -0.15) is 0 Å². The smallest absolute Gasteiger partial charge is 0.268 e. The molecule has 1 saturated heterocycles. The highest BCUT2D eigenvalue weighted by Gasteiger charge is 2.40. The maximum atomic E-state index is 14.5. The fourth-order valence-electron chi connectivity index (χ4n) is 8.60. The predicted octanol–water partition coefficient (Wildman–Crippen LogP) is -7.47. The molecule has 1 aromatic rings. The molecular weight excluding hydrogens is 1080 g/mol. The zero-order valence-corrected chi connectivity index (χ0v) is 47.9. The lowest BCUT2D eigenvalue weighted by Gasteiger charge is -2.30. The van der Waals surface area contributed by atoms with Crippen LogP contribution < -0.4 is 99.5 Å². The second kappa shape index (κ2) is 40.8. The van der Waals surface area contributed by atoms with Crippen molar-refractivity contribution in [3.8, 4) is 0 Å². The lowest BCUT2D eigenvalue weighted by molar-refractivity contribution is -0.142. The molecule has 468 valence electrons. The standard InChI is InChI=1S/C51H94N22O10/c1-31(66-45(78)37(17-23-57)68-43(76)33(58)16-22-56)42(75)64-29-41(74)67-38(13-8-21-55)50(83)73-26-10-15-40(73)49(82)72-39(27-32-28-61-30-65-32)48(81)71-35(12-3-5-19-53)46(79)70-36(14-9-25-63-51(59)60)47(80)69-34(11-2-4-18-52)44(77)62-24-7-6-20-54/h14,28,30-31,33-35,37-40H,2-13,15-27,29,52-58H2,1H3,(H,61,65)(H,62,77)(H,64,75)(H,66,78)(H,67,74)(H,68,76)(H,69,80)(H,70,79)(H,71,81)(H,72,82)(H4,59,60,63)/b36-14-/t31?,33?,34-,35-,37-,38+,39?,40?/m0/s1. The second-order valence-corrected chi connectivity index (χ2v) is 20.0. The molecule has 0 radical (unpaired) electrons. The molecule has 1 aromatic heterocycles. The zero-order chi connectivity index (χ0) is 61.7. The summed E-state index contributed by atoms with van der Waals surface area (Å²) in [7, 11) is 0. The first-order valence-corrected chi connectivity index (χ1v) is 28.4. The van der Waals surface area contributed by atoms with Crippen LogP contribution in [0.3, 0.4) is 0 Å². The van der Waals surface area contributed by atoms with E-state index in [-0.39, 0.29) is 109 Å². The highest BCUT2D eigenvalue weighted by Crippen LogP contribution is 2.20. The SMILES string of the molecule is CC(NC(=O)[C@H](CCN)NC(=O)C(N)CCN)C(=O)NCC(=O)N[C@H](CCCN)C(=O)N1CCCC1C(=O)NC(Cc1cnc[nH]1)C(=O)N[C@@H](CCCCN)C(=O)N/C(=C\CCN=C(N)N)C(=O)N[C@@H](CCCCN)C(=O)NCCCCN. The molecule has 0 aliphatic carbocycles. The van der Waals surface area contributed by atoms with Crippen LogP contribution in [0.2, 0.25) is 0 Å². The summed E-state index contributed by atoms with van der Waals surface area (Å²) in [5, 5.41) is 23.7. The van der Waals surface area contributed by atoms with E-state index in [1.807, 2.05) is 0 Å². The fraction of sp³-hybridized carbons (Fsp3) is 0.686. The predicted molar refractivity (Wildman–Crippen MR) is 310 cm³/mol. The lowest BCUT2D eigenvalue weighted by Crippen LogP contribution is -2.59. The van der Waals surface area contributed by atoms with Crippen LogP contribution in [0.1, 0.15) is 109 Å². The van der Waals surface area contributed by atoms with E-state index in [0.717, 1.165) is 0 Å². The van der Waals surface area contributed by atoms with Gasteiger partial charge in [0.2, 0.25) is 53.2 Å². The Bertz CT molecular complexity index is 2270. The Kier molecular flexibility index (Phi) is 35.2. The highest BCUT2D eigenvalue weighted by atomic mass is 16.2. The molecule has 32 nitrogen and oxygen atoms in total. The summed E-state index contributed by atoms with van der Waals surface area (Å²) < 4.78 is 0. The Balaban J connectivity index is 2.34. The third kappa shape index (κ3) is 27.5. The number of nitrogens with one attached hydrogen (secondary N) is 10. The van der Waals surface area contributed by atoms with Crippen LogP contribution in [0.4, 0.5) is 0 Å². The molecule has 32 heteroatoms. The number of aromatic nitrogens is 2. The molecule has 1 aliphatic heterocycles. The largest absolute Gasteiger partial charge is 0.370 e. The van der Waals surface area contributed by atoms with E-state index in [1.165, 1.54) is 30.4 Å². The molecule has 10 amide bonds. The number of carbonyl (C=O) groups excluding carboxylic acids is 10. The van der Waals surface area contributed by atoms with Crippen molar-refractivity contribution in [2.75, 3.05) is 65.4 Å². The molecule has 1 aliphatic rings. The van der Waals surface area contributed by atoms with Crippen molar-refractivity contribution in [2.45, 2.75) is 158 Å². The number of likely N-dealkylation sites (tertiary alicyclic amines) is 1. The van der Waals surface area contributed by atoms with Crippen LogP contribution in [0.15, 0.2) is 29.3 Å². The van der Waals surface area contributed by atoms with Crippen molar-refractivity contribution in [3.63, 3.8) is 0 Å². The van der Waals surface area contributed by atoms with Gasteiger partial charge in [0.25, 0.3) is 5.91 Å². The fourth-order valence-corrected chi connectivity index (χ4v) is 8.60. The quantitative estimate of drug-likeness (QED) is 0.0125. The van der Waals surface area contributed by atoms with Gasteiger partial charge in [-0.3, -0.25) is 52.9 Å². The molecule has 4 unspecified atom stereocenters. The molecule has 0 saturated carbocycles. The van der Waals surface area contributed by atoms with E-state index in [9.17, 15) is 47.9 Å². The molecular formula is C51H94N22O10. The molecule has 2 heterocycles. The number of rotatable bonds is 42. The number of unbranched alkanes of at least 4 members (excludes halogenated alkanes) is 3. The summed E-state index contributed by atoms with van der Waals surface area (Å²) in [6.07, 6.45) is 8.69. The molecule has 0 spiro atoms. The second-order valence-electron chi connectivity index (χ2n) is 20.0. The number of carbonyl (C=O) groups is 10. The summed E-state index contributed by atoms with van der Waals surface area (Å²) in [6, 6.07) is -9.26. The van der Waals surface area contributed by atoms with Crippen molar-refractivity contribution in [2.24, 2.45) is 56.6 Å².